The zero-order valence-corrected chi connectivity index (χ0v) is 26.6. The Morgan fingerprint density at radius 1 is 0.545 bits per heavy atom. The summed E-state index contributed by atoms with van der Waals surface area (Å²) in [7, 11) is -8.16. The molecule has 4 fully saturated rings. The van der Waals surface area contributed by atoms with Crippen LogP contribution in [-0.2, 0) is 21.8 Å². The van der Waals surface area contributed by atoms with E-state index in [0.29, 0.717) is 24.4 Å². The fourth-order valence-electron chi connectivity index (χ4n) is 6.43. The van der Waals surface area contributed by atoms with Crippen LogP contribution >= 0.6 is 0 Å². The highest BCUT2D eigenvalue weighted by Crippen LogP contribution is 2.44. The first-order chi connectivity index (χ1) is 15.2. The van der Waals surface area contributed by atoms with E-state index in [4.69, 9.17) is 21.8 Å². The first-order valence-electron chi connectivity index (χ1n) is 13.6. The van der Waals surface area contributed by atoms with Crippen molar-refractivity contribution in [3.63, 3.8) is 0 Å². The van der Waals surface area contributed by atoms with Crippen LogP contribution in [0, 0.1) is 11.8 Å². The molecule has 0 aromatic carbocycles. The lowest BCUT2D eigenvalue weighted by atomic mass is 9.88. The van der Waals surface area contributed by atoms with E-state index in [1.165, 1.54) is 51.4 Å². The molecule has 2 saturated carbocycles. The molecule has 2 saturated heterocycles. The highest BCUT2D eigenvalue weighted by atomic mass is 28.5. The van der Waals surface area contributed by atoms with Gasteiger partial charge in [-0.15, -0.1) is 0 Å². The minimum Gasteiger partial charge on any atom is -0.437 e. The van der Waals surface area contributed by atoms with Crippen LogP contribution in [0.2, 0.25) is 64.5 Å². The van der Waals surface area contributed by atoms with Crippen molar-refractivity contribution >= 4 is 33.8 Å². The van der Waals surface area contributed by atoms with Gasteiger partial charge in [0.05, 0.1) is 24.4 Å². The van der Waals surface area contributed by atoms with Gasteiger partial charge in [-0.3, -0.25) is 0 Å². The summed E-state index contributed by atoms with van der Waals surface area (Å²) in [4.78, 5) is 0. The van der Waals surface area contributed by atoms with Crippen molar-refractivity contribution in [3.05, 3.63) is 0 Å². The first kappa shape index (κ1) is 26.7. The average Bonchev–Trinajstić information content (AvgIpc) is 3.55. The van der Waals surface area contributed by atoms with Gasteiger partial charge in [-0.25, -0.2) is 0 Å². The van der Waals surface area contributed by atoms with Gasteiger partial charge >= 0.3 is 17.1 Å². The molecule has 0 amide bonds. The highest BCUT2D eigenvalue weighted by Gasteiger charge is 2.49. The number of rotatable bonds is 12. The summed E-state index contributed by atoms with van der Waals surface area (Å²) < 4.78 is 32.8. The van der Waals surface area contributed by atoms with Gasteiger partial charge in [0.1, 0.15) is 0 Å². The maximum absolute atomic E-state index is 7.27. The third kappa shape index (κ3) is 8.35. The minimum absolute atomic E-state index is 0.552. The fourth-order valence-corrected chi connectivity index (χ4v) is 25.0. The van der Waals surface area contributed by atoms with Crippen molar-refractivity contribution < 1.29 is 21.8 Å². The smallest absolute Gasteiger partial charge is 0.315 e. The molecule has 0 N–H and O–H groups in total. The summed E-state index contributed by atoms with van der Waals surface area (Å²) in [5.41, 5.74) is 0. The van der Waals surface area contributed by atoms with E-state index in [1.54, 1.807) is 0 Å². The molecule has 2 aliphatic heterocycles. The standard InChI is InChI=1S/C24H50O5Si4/c1-30(2,3)27-32(7,15-13-19-9-11-21-23(17-19)25-21)29-33(8,28-31(4,5)6)16-14-20-10-12-22-24(18-20)26-22/h19-24H,9-18H2,1-8H3. The van der Waals surface area contributed by atoms with Crippen LogP contribution in [0.4, 0.5) is 0 Å². The molecule has 4 rings (SSSR count). The summed E-state index contributed by atoms with van der Waals surface area (Å²) in [5, 5.41) is 0. The second-order valence-electron chi connectivity index (χ2n) is 13.7. The third-order valence-corrected chi connectivity index (χ3v) is 21.9. The Balaban J connectivity index is 1.41. The molecule has 0 radical (unpaired) electrons. The molecule has 5 nitrogen and oxygen atoms in total. The Morgan fingerprint density at radius 2 is 0.939 bits per heavy atom. The van der Waals surface area contributed by atoms with Gasteiger partial charge in [-0.2, -0.15) is 0 Å². The van der Waals surface area contributed by atoms with Gasteiger partial charge in [-0.1, -0.05) is 0 Å². The molecule has 0 spiro atoms. The molecule has 0 aromatic heterocycles. The Bertz CT molecular complexity index is 627. The largest absolute Gasteiger partial charge is 0.437 e. The summed E-state index contributed by atoms with van der Waals surface area (Å²) >= 11 is 0. The van der Waals surface area contributed by atoms with Gasteiger partial charge in [0, 0.05) is 0 Å². The topological polar surface area (TPSA) is 52.8 Å². The van der Waals surface area contributed by atoms with E-state index in [0.717, 1.165) is 23.9 Å². The van der Waals surface area contributed by atoms with Gasteiger partial charge in [0.15, 0.2) is 16.6 Å². The van der Waals surface area contributed by atoms with Gasteiger partial charge in [0.25, 0.3) is 0 Å². The molecule has 9 heteroatoms. The molecule has 8 atom stereocenters. The Kier molecular flexibility index (Phi) is 7.98. The van der Waals surface area contributed by atoms with Crippen LogP contribution in [0.15, 0.2) is 0 Å². The quantitative estimate of drug-likeness (QED) is 0.206. The minimum atomic E-state index is -2.35. The van der Waals surface area contributed by atoms with E-state index >= 15 is 0 Å². The molecule has 2 heterocycles. The van der Waals surface area contributed by atoms with Crippen LogP contribution in [-0.4, -0.2) is 58.2 Å². The summed E-state index contributed by atoms with van der Waals surface area (Å²) in [6, 6.07) is 2.19. The lowest BCUT2D eigenvalue weighted by Gasteiger charge is -2.43. The van der Waals surface area contributed by atoms with Crippen LogP contribution in [0.1, 0.15) is 51.4 Å². The average molecular weight is 531 g/mol. The molecule has 33 heavy (non-hydrogen) atoms. The Hall–Kier alpha value is 0.668. The first-order valence-corrected chi connectivity index (χ1v) is 25.5. The maximum Gasteiger partial charge on any atom is 0.315 e. The van der Waals surface area contributed by atoms with Crippen LogP contribution in [0.25, 0.3) is 0 Å². The molecule has 4 aliphatic rings. The Labute approximate surface area is 207 Å². The van der Waals surface area contributed by atoms with Crippen molar-refractivity contribution in [2.24, 2.45) is 11.8 Å². The van der Waals surface area contributed by atoms with Crippen molar-refractivity contribution in [1.29, 1.82) is 0 Å². The molecular formula is C24H50O5Si4. The molecular weight excluding hydrogens is 481 g/mol. The number of hydrogen-bond acceptors (Lipinski definition) is 5. The van der Waals surface area contributed by atoms with Gasteiger partial charge in [-0.05, 0) is 128 Å². The van der Waals surface area contributed by atoms with E-state index in [1.807, 2.05) is 0 Å². The lowest BCUT2D eigenvalue weighted by Crippen LogP contribution is -2.58. The third-order valence-electron chi connectivity index (χ3n) is 7.71. The second-order valence-corrected chi connectivity index (χ2v) is 30.1. The van der Waals surface area contributed by atoms with E-state index in [2.05, 4.69) is 52.4 Å². The second kappa shape index (κ2) is 9.85. The molecule has 0 bridgehead atoms. The van der Waals surface area contributed by atoms with E-state index in [9.17, 15) is 0 Å². The SMILES string of the molecule is C[Si](C)(C)O[Si](C)(CCC1CCC2OC2C1)O[Si](C)(CCC1CCC2OC2C1)O[Si](C)(C)C. The van der Waals surface area contributed by atoms with Crippen LogP contribution in [0.5, 0.6) is 0 Å². The van der Waals surface area contributed by atoms with Crippen molar-refractivity contribution in [3.8, 4) is 0 Å². The Morgan fingerprint density at radius 3 is 1.27 bits per heavy atom. The monoisotopic (exact) mass is 530 g/mol. The zero-order valence-electron chi connectivity index (χ0n) is 22.6. The molecule has 0 aromatic rings. The van der Waals surface area contributed by atoms with Crippen molar-refractivity contribution in [2.75, 3.05) is 0 Å². The van der Waals surface area contributed by atoms with E-state index in [-0.39, 0.29) is 0 Å². The van der Waals surface area contributed by atoms with E-state index < -0.39 is 33.8 Å². The maximum atomic E-state index is 7.27. The number of epoxide rings is 2. The molecule has 8 unspecified atom stereocenters. The molecule has 2 aliphatic carbocycles. The normalized spacial score (nSPS) is 37.5. The van der Waals surface area contributed by atoms with Gasteiger partial charge < -0.3 is 21.8 Å². The van der Waals surface area contributed by atoms with Crippen LogP contribution in [0.3, 0.4) is 0 Å². The number of ether oxygens (including phenoxy) is 2. The molecule has 192 valence electrons. The fraction of sp³-hybridized carbons (Fsp3) is 1.00. The zero-order chi connectivity index (χ0) is 24.1. The highest BCUT2D eigenvalue weighted by molar-refractivity contribution is 6.89. The number of fused-ring (bicyclic) bond motifs is 2. The van der Waals surface area contributed by atoms with Crippen molar-refractivity contribution in [2.45, 2.75) is 140 Å². The lowest BCUT2D eigenvalue weighted by molar-refractivity contribution is 0.294. The predicted molar refractivity (Wildman–Crippen MR) is 144 cm³/mol. The van der Waals surface area contributed by atoms with Gasteiger partial charge in [0.2, 0.25) is 0 Å². The summed E-state index contributed by atoms with van der Waals surface area (Å²) in [5.74, 6) is 1.54. The number of hydrogen-bond donors (Lipinski definition) is 0. The predicted octanol–water partition coefficient (Wildman–Crippen LogP) is 6.77. The van der Waals surface area contributed by atoms with Crippen LogP contribution < -0.4 is 0 Å². The summed E-state index contributed by atoms with van der Waals surface area (Å²) in [6.45, 7) is 18.6. The van der Waals surface area contributed by atoms with Crippen molar-refractivity contribution in [1.82, 2.24) is 0 Å². The summed E-state index contributed by atoms with van der Waals surface area (Å²) in [6.07, 6.45) is 12.3.